The van der Waals surface area contributed by atoms with Gasteiger partial charge in [0.05, 0.1) is 17.4 Å². The fourth-order valence-corrected chi connectivity index (χ4v) is 2.27. The van der Waals surface area contributed by atoms with Gasteiger partial charge in [-0.2, -0.15) is 5.26 Å². The van der Waals surface area contributed by atoms with E-state index in [9.17, 15) is 4.21 Å². The van der Waals surface area contributed by atoms with Gasteiger partial charge < -0.3 is 4.55 Å². The maximum atomic E-state index is 10.8. The van der Waals surface area contributed by atoms with E-state index in [1.54, 1.807) is 12.1 Å². The lowest BCUT2D eigenvalue weighted by Gasteiger charge is -2.05. The van der Waals surface area contributed by atoms with Gasteiger partial charge in [0.2, 0.25) is 0 Å². The van der Waals surface area contributed by atoms with Gasteiger partial charge in [-0.25, -0.2) is 4.21 Å². The molecule has 0 amide bonds. The van der Waals surface area contributed by atoms with E-state index in [0.717, 1.165) is 11.1 Å². The average molecular weight is 257 g/mol. The number of nitriles is 1. The Hall–Kier alpha value is -1.96. The Morgan fingerprint density at radius 2 is 1.83 bits per heavy atom. The van der Waals surface area contributed by atoms with Crippen LogP contribution >= 0.6 is 0 Å². The molecule has 4 heteroatoms. The lowest BCUT2D eigenvalue weighted by molar-refractivity contribution is 0.563. The van der Waals surface area contributed by atoms with Crippen LogP contribution in [0.5, 0.6) is 0 Å². The van der Waals surface area contributed by atoms with Crippen molar-refractivity contribution in [1.29, 1.82) is 5.26 Å². The van der Waals surface area contributed by atoms with Crippen LogP contribution < -0.4 is 0 Å². The van der Waals surface area contributed by atoms with Gasteiger partial charge in [-0.15, -0.1) is 0 Å². The molecule has 1 atom stereocenters. The van der Waals surface area contributed by atoms with E-state index in [0.29, 0.717) is 11.1 Å². The summed E-state index contributed by atoms with van der Waals surface area (Å²) in [5.41, 5.74) is 2.99. The van der Waals surface area contributed by atoms with Crippen LogP contribution in [0.3, 0.4) is 0 Å². The molecule has 2 aromatic rings. The monoisotopic (exact) mass is 257 g/mol. The van der Waals surface area contributed by atoms with Gasteiger partial charge in [-0.3, -0.25) is 0 Å². The predicted molar refractivity (Wildman–Crippen MR) is 71.1 cm³/mol. The normalized spacial score (nSPS) is 11.8. The average Bonchev–Trinajstić information content (AvgIpc) is 2.39. The number of nitrogens with zero attached hydrogens (tertiary/aromatic N) is 1. The van der Waals surface area contributed by atoms with Crippen LogP contribution in [0.4, 0.5) is 0 Å². The fraction of sp³-hybridized carbons (Fsp3) is 0.0714. The zero-order chi connectivity index (χ0) is 13.0. The fourth-order valence-electron chi connectivity index (χ4n) is 1.75. The Bertz CT molecular complexity index is 617. The third kappa shape index (κ3) is 2.83. The molecule has 0 fully saturated rings. The standard InChI is InChI=1S/C14H11NO2S/c15-9-14-8-12(11-4-2-1-3-5-11)6-7-13(14)10-18(16)17/h1-8H,10H2,(H,16,17). The summed E-state index contributed by atoms with van der Waals surface area (Å²) in [5, 5.41) is 9.07. The molecule has 0 aliphatic heterocycles. The van der Waals surface area contributed by atoms with Crippen molar-refractivity contribution < 1.29 is 8.76 Å². The van der Waals surface area contributed by atoms with Gasteiger partial charge in [0, 0.05) is 0 Å². The third-order valence-electron chi connectivity index (χ3n) is 2.62. The van der Waals surface area contributed by atoms with Crippen LogP contribution in [0.25, 0.3) is 11.1 Å². The van der Waals surface area contributed by atoms with Gasteiger partial charge in [0.25, 0.3) is 0 Å². The third-order valence-corrected chi connectivity index (χ3v) is 3.17. The molecule has 0 aromatic heterocycles. The first-order chi connectivity index (χ1) is 8.70. The number of benzene rings is 2. The Labute approximate surface area is 108 Å². The van der Waals surface area contributed by atoms with E-state index in [2.05, 4.69) is 6.07 Å². The first-order valence-electron chi connectivity index (χ1n) is 5.36. The highest BCUT2D eigenvalue weighted by molar-refractivity contribution is 7.78. The van der Waals surface area contributed by atoms with Crippen molar-refractivity contribution >= 4 is 11.1 Å². The second-order valence-corrected chi connectivity index (χ2v) is 4.75. The molecular weight excluding hydrogens is 246 g/mol. The predicted octanol–water partition coefficient (Wildman–Crippen LogP) is 2.95. The van der Waals surface area contributed by atoms with E-state index in [1.807, 2.05) is 36.4 Å². The number of hydrogen-bond donors (Lipinski definition) is 1. The Morgan fingerprint density at radius 1 is 1.11 bits per heavy atom. The minimum atomic E-state index is -1.93. The summed E-state index contributed by atoms with van der Waals surface area (Å²) in [7, 11) is 0. The molecule has 0 aliphatic rings. The molecule has 0 spiro atoms. The molecule has 18 heavy (non-hydrogen) atoms. The Balaban J connectivity index is 2.43. The molecule has 0 bridgehead atoms. The first-order valence-corrected chi connectivity index (χ1v) is 6.64. The van der Waals surface area contributed by atoms with Crippen molar-refractivity contribution in [2.45, 2.75) is 5.75 Å². The molecule has 0 saturated carbocycles. The summed E-state index contributed by atoms with van der Waals surface area (Å²) >= 11 is -1.93. The van der Waals surface area contributed by atoms with Crippen LogP contribution in [0, 0.1) is 11.3 Å². The van der Waals surface area contributed by atoms with E-state index in [-0.39, 0.29) is 5.75 Å². The SMILES string of the molecule is N#Cc1cc(-c2ccccc2)ccc1CS(=O)O. The van der Waals surface area contributed by atoms with E-state index >= 15 is 0 Å². The molecule has 0 radical (unpaired) electrons. The van der Waals surface area contributed by atoms with Crippen LogP contribution in [-0.4, -0.2) is 8.76 Å². The Kier molecular flexibility index (Phi) is 3.88. The molecule has 90 valence electrons. The van der Waals surface area contributed by atoms with Gasteiger partial charge in [0.1, 0.15) is 0 Å². The lowest BCUT2D eigenvalue weighted by atomic mass is 10.0. The highest BCUT2D eigenvalue weighted by Crippen LogP contribution is 2.22. The quantitative estimate of drug-likeness (QED) is 0.860. The summed E-state index contributed by atoms with van der Waals surface area (Å²) in [6.45, 7) is 0. The highest BCUT2D eigenvalue weighted by atomic mass is 32.2. The summed E-state index contributed by atoms with van der Waals surface area (Å²) in [6.07, 6.45) is 0. The summed E-state index contributed by atoms with van der Waals surface area (Å²) in [6, 6.07) is 17.1. The molecule has 3 nitrogen and oxygen atoms in total. The van der Waals surface area contributed by atoms with Crippen LogP contribution in [0.1, 0.15) is 11.1 Å². The van der Waals surface area contributed by atoms with Crippen molar-refractivity contribution in [3.05, 3.63) is 59.7 Å². The van der Waals surface area contributed by atoms with Gasteiger partial charge in [-0.05, 0) is 22.8 Å². The largest absolute Gasteiger partial charge is 0.306 e. The number of rotatable bonds is 3. The smallest absolute Gasteiger partial charge is 0.157 e. The van der Waals surface area contributed by atoms with Crippen LogP contribution in [0.2, 0.25) is 0 Å². The first kappa shape index (κ1) is 12.5. The lowest BCUT2D eigenvalue weighted by Crippen LogP contribution is -1.96. The molecule has 1 N–H and O–H groups in total. The zero-order valence-electron chi connectivity index (χ0n) is 9.54. The molecule has 0 heterocycles. The summed E-state index contributed by atoms with van der Waals surface area (Å²) in [4.78, 5) is 0. The number of hydrogen-bond acceptors (Lipinski definition) is 2. The van der Waals surface area contributed by atoms with E-state index in [4.69, 9.17) is 9.81 Å². The van der Waals surface area contributed by atoms with Crippen molar-refractivity contribution in [2.24, 2.45) is 0 Å². The van der Waals surface area contributed by atoms with Crippen molar-refractivity contribution in [3.8, 4) is 17.2 Å². The molecule has 0 aliphatic carbocycles. The molecule has 2 rings (SSSR count). The Morgan fingerprint density at radius 3 is 2.44 bits per heavy atom. The van der Waals surface area contributed by atoms with Crippen molar-refractivity contribution in [1.82, 2.24) is 0 Å². The highest BCUT2D eigenvalue weighted by Gasteiger charge is 2.07. The summed E-state index contributed by atoms with van der Waals surface area (Å²) in [5.74, 6) is -0.0159. The van der Waals surface area contributed by atoms with Crippen LogP contribution in [0.15, 0.2) is 48.5 Å². The molecule has 0 saturated heterocycles. The topological polar surface area (TPSA) is 61.1 Å². The van der Waals surface area contributed by atoms with Gasteiger partial charge >= 0.3 is 0 Å². The minimum absolute atomic E-state index is 0.0159. The van der Waals surface area contributed by atoms with Gasteiger partial charge in [0.15, 0.2) is 11.1 Å². The molecule has 1 unspecified atom stereocenters. The van der Waals surface area contributed by atoms with E-state index < -0.39 is 11.1 Å². The second kappa shape index (κ2) is 5.58. The maximum Gasteiger partial charge on any atom is 0.157 e. The van der Waals surface area contributed by atoms with Gasteiger partial charge in [-0.1, -0.05) is 42.5 Å². The molecule has 2 aromatic carbocycles. The van der Waals surface area contributed by atoms with Crippen LogP contribution in [-0.2, 0) is 16.8 Å². The van der Waals surface area contributed by atoms with E-state index in [1.165, 1.54) is 0 Å². The zero-order valence-corrected chi connectivity index (χ0v) is 10.4. The maximum absolute atomic E-state index is 10.8. The second-order valence-electron chi connectivity index (χ2n) is 3.82. The minimum Gasteiger partial charge on any atom is -0.306 e. The molecular formula is C14H11NO2S. The van der Waals surface area contributed by atoms with Crippen molar-refractivity contribution in [3.63, 3.8) is 0 Å². The summed E-state index contributed by atoms with van der Waals surface area (Å²) < 4.78 is 19.7. The van der Waals surface area contributed by atoms with Crippen molar-refractivity contribution in [2.75, 3.05) is 0 Å².